The second-order valence-electron chi connectivity index (χ2n) is 2.56. The van der Waals surface area contributed by atoms with Crippen LogP contribution in [0, 0.1) is 0 Å². The van der Waals surface area contributed by atoms with Crippen LogP contribution < -0.4 is 0 Å². The lowest BCUT2D eigenvalue weighted by Gasteiger charge is -2.41. The van der Waals surface area contributed by atoms with E-state index in [1.165, 1.54) is 0 Å². The zero-order valence-electron chi connectivity index (χ0n) is 7.07. The van der Waals surface area contributed by atoms with Crippen LogP contribution in [0.5, 0.6) is 0 Å². The van der Waals surface area contributed by atoms with E-state index in [-0.39, 0.29) is 0 Å². The van der Waals surface area contributed by atoms with Crippen LogP contribution in [0.3, 0.4) is 0 Å². The van der Waals surface area contributed by atoms with Crippen LogP contribution in [0.2, 0.25) is 0 Å². The molecule has 0 unspecified atom stereocenters. The highest BCUT2D eigenvalue weighted by Gasteiger charge is 2.41. The molecule has 1 saturated heterocycles. The molecule has 0 aliphatic carbocycles. The summed E-state index contributed by atoms with van der Waals surface area (Å²) in [7, 11) is -5.88. The van der Waals surface area contributed by atoms with Crippen molar-refractivity contribution < 1.29 is 15.7 Å². The van der Waals surface area contributed by atoms with Gasteiger partial charge < -0.3 is 0 Å². The Bertz CT molecular complexity index is 406. The van der Waals surface area contributed by atoms with Crippen LogP contribution in [-0.2, 0) is 17.7 Å². The van der Waals surface area contributed by atoms with Gasteiger partial charge in [-0.05, 0) is 12.2 Å². The maximum Gasteiger partial charge on any atom is 0.438 e. The van der Waals surface area contributed by atoms with Crippen LogP contribution in [-0.4, -0.2) is 8.42 Å². The number of allylic oxidation sites excluding steroid dienone is 6. The van der Waals surface area contributed by atoms with Crippen molar-refractivity contribution in [3.63, 3.8) is 0 Å². The number of hydrogen-bond donors (Lipinski definition) is 0. The fraction of sp³-hybridized carbons (Fsp3) is 0. The smallest absolute Gasteiger partial charge is 0.166 e. The standard InChI is InChI=1S/C8H8O4S2/c9-14(10)11-13(12-14)7-5-3-1-2-4-6-8-13/h1-8H/b3-1-,4-2-,7-5-,8-6-. The molecule has 0 saturated carbocycles. The van der Waals surface area contributed by atoms with Gasteiger partial charge in [-0.2, -0.15) is 8.42 Å². The minimum absolute atomic E-state index is 1.61. The normalized spacial score (nSPS) is 38.0. The Morgan fingerprint density at radius 3 is 1.57 bits per heavy atom. The first kappa shape index (κ1) is 9.72. The lowest BCUT2D eigenvalue weighted by atomic mass is 10.4. The molecule has 2 rings (SSSR count). The molecule has 0 aromatic rings. The highest BCUT2D eigenvalue weighted by molar-refractivity contribution is 8.40. The van der Waals surface area contributed by atoms with E-state index in [0.717, 1.165) is 0 Å². The third kappa shape index (κ3) is 1.98. The van der Waals surface area contributed by atoms with E-state index < -0.39 is 21.0 Å². The summed E-state index contributed by atoms with van der Waals surface area (Å²) in [5.74, 6) is 0. The molecule has 1 spiro atoms. The Balaban J connectivity index is 2.28. The summed E-state index contributed by atoms with van der Waals surface area (Å²) in [5.41, 5.74) is 0. The van der Waals surface area contributed by atoms with Gasteiger partial charge in [-0.15, -0.1) is 17.8 Å². The molecule has 0 bridgehead atoms. The van der Waals surface area contributed by atoms with E-state index in [4.69, 9.17) is 7.26 Å². The third-order valence-electron chi connectivity index (χ3n) is 1.47. The predicted molar refractivity (Wildman–Crippen MR) is 55.2 cm³/mol. The van der Waals surface area contributed by atoms with Gasteiger partial charge in [0.15, 0.2) is 0 Å². The summed E-state index contributed by atoms with van der Waals surface area (Å²) in [4.78, 5) is 0. The third-order valence-corrected chi connectivity index (χ3v) is 5.58. The Morgan fingerprint density at radius 1 is 0.714 bits per heavy atom. The maximum absolute atomic E-state index is 10.7. The summed E-state index contributed by atoms with van der Waals surface area (Å²) >= 11 is 0. The molecule has 0 atom stereocenters. The zero-order chi connectivity index (χ0) is 10.1. The van der Waals surface area contributed by atoms with E-state index in [2.05, 4.69) is 0 Å². The zero-order valence-corrected chi connectivity index (χ0v) is 8.70. The summed E-state index contributed by atoms with van der Waals surface area (Å²) in [6.45, 7) is 0. The molecular formula is C8H8O4S2. The Labute approximate surface area is 84.3 Å². The predicted octanol–water partition coefficient (Wildman–Crippen LogP) is 2.07. The minimum atomic E-state index is -3.74. The molecular weight excluding hydrogens is 224 g/mol. The molecule has 14 heavy (non-hydrogen) atoms. The van der Waals surface area contributed by atoms with E-state index >= 15 is 0 Å². The molecule has 2 aliphatic rings. The summed E-state index contributed by atoms with van der Waals surface area (Å²) in [5, 5.41) is 3.21. The first-order valence-corrected chi connectivity index (χ1v) is 6.75. The second-order valence-corrected chi connectivity index (χ2v) is 6.19. The topological polar surface area (TPSA) is 52.6 Å². The minimum Gasteiger partial charge on any atom is -0.166 e. The van der Waals surface area contributed by atoms with Crippen molar-refractivity contribution >= 4 is 21.0 Å². The van der Waals surface area contributed by atoms with Crippen LogP contribution >= 0.6 is 10.6 Å². The van der Waals surface area contributed by atoms with Gasteiger partial charge in [0, 0.05) is 10.8 Å². The fourth-order valence-electron chi connectivity index (χ4n) is 0.968. The van der Waals surface area contributed by atoms with Gasteiger partial charge >= 0.3 is 10.4 Å². The van der Waals surface area contributed by atoms with Gasteiger partial charge in [0.2, 0.25) is 0 Å². The van der Waals surface area contributed by atoms with E-state index in [1.54, 1.807) is 35.1 Å². The van der Waals surface area contributed by atoms with Gasteiger partial charge in [-0.3, -0.25) is 0 Å². The summed E-state index contributed by atoms with van der Waals surface area (Å²) in [6, 6.07) is 0. The highest BCUT2D eigenvalue weighted by Crippen LogP contribution is 2.64. The second kappa shape index (κ2) is 3.39. The van der Waals surface area contributed by atoms with E-state index in [1.807, 2.05) is 12.2 Å². The van der Waals surface area contributed by atoms with Crippen molar-refractivity contribution in [2.24, 2.45) is 0 Å². The number of hydrogen-bond acceptors (Lipinski definition) is 4. The van der Waals surface area contributed by atoms with Gasteiger partial charge in [0.05, 0.1) is 0 Å². The van der Waals surface area contributed by atoms with Gasteiger partial charge in [0.1, 0.15) is 0 Å². The molecule has 4 nitrogen and oxygen atoms in total. The fourth-order valence-corrected chi connectivity index (χ4v) is 4.53. The van der Waals surface area contributed by atoms with Gasteiger partial charge in [-0.25, -0.2) is 0 Å². The molecule has 0 aromatic carbocycles. The first-order chi connectivity index (χ1) is 6.62. The largest absolute Gasteiger partial charge is 0.438 e. The first-order valence-electron chi connectivity index (χ1n) is 3.80. The Hall–Kier alpha value is -0.820. The lowest BCUT2D eigenvalue weighted by Crippen LogP contribution is -2.25. The average molecular weight is 232 g/mol. The highest BCUT2D eigenvalue weighted by atomic mass is 32.4. The van der Waals surface area contributed by atoms with Crippen molar-refractivity contribution in [1.82, 2.24) is 0 Å². The molecule has 0 N–H and O–H groups in total. The van der Waals surface area contributed by atoms with Gasteiger partial charge in [-0.1, -0.05) is 24.3 Å². The van der Waals surface area contributed by atoms with E-state index in [9.17, 15) is 8.42 Å². The van der Waals surface area contributed by atoms with Crippen molar-refractivity contribution in [3.8, 4) is 0 Å². The molecule has 0 aromatic heterocycles. The van der Waals surface area contributed by atoms with Crippen LogP contribution in [0.4, 0.5) is 0 Å². The number of rotatable bonds is 0. The van der Waals surface area contributed by atoms with E-state index in [0.29, 0.717) is 0 Å². The van der Waals surface area contributed by atoms with Crippen molar-refractivity contribution in [1.29, 1.82) is 0 Å². The van der Waals surface area contributed by atoms with Crippen molar-refractivity contribution in [2.75, 3.05) is 0 Å². The Kier molecular flexibility index (Phi) is 2.36. The quantitative estimate of drug-likeness (QED) is 0.641. The molecule has 6 heteroatoms. The molecule has 76 valence electrons. The van der Waals surface area contributed by atoms with Crippen LogP contribution in [0.1, 0.15) is 0 Å². The molecule has 2 aliphatic heterocycles. The van der Waals surface area contributed by atoms with Crippen LogP contribution in [0.15, 0.2) is 47.3 Å². The molecule has 0 amide bonds. The summed E-state index contributed by atoms with van der Waals surface area (Å²) < 4.78 is 30.9. The summed E-state index contributed by atoms with van der Waals surface area (Å²) in [6.07, 6.45) is 10.6. The lowest BCUT2D eigenvalue weighted by molar-refractivity contribution is 0.354. The van der Waals surface area contributed by atoms with Crippen LogP contribution in [0.25, 0.3) is 0 Å². The molecule has 0 radical (unpaired) electrons. The Morgan fingerprint density at radius 2 is 1.14 bits per heavy atom. The van der Waals surface area contributed by atoms with Gasteiger partial charge in [0.25, 0.3) is 0 Å². The SMILES string of the molecule is O=S1(=O)OS2(\C=C/C=C\C=C/C=C\2)O1. The monoisotopic (exact) mass is 232 g/mol. The van der Waals surface area contributed by atoms with Crippen molar-refractivity contribution in [3.05, 3.63) is 47.3 Å². The average Bonchev–Trinajstić information content (AvgIpc) is 2.14. The van der Waals surface area contributed by atoms with Crippen molar-refractivity contribution in [2.45, 2.75) is 0 Å². The molecule has 1 fully saturated rings. The molecule has 2 heterocycles. The maximum atomic E-state index is 10.7.